The fourth-order valence-corrected chi connectivity index (χ4v) is 1.34. The Labute approximate surface area is 93.6 Å². The van der Waals surface area contributed by atoms with Gasteiger partial charge in [-0.05, 0) is 19.2 Å². The molecule has 1 aromatic carbocycles. The van der Waals surface area contributed by atoms with E-state index in [1.165, 1.54) is 12.1 Å². The first-order chi connectivity index (χ1) is 7.54. The van der Waals surface area contributed by atoms with Crippen LogP contribution in [0.2, 0.25) is 0 Å². The van der Waals surface area contributed by atoms with Crippen molar-refractivity contribution in [2.24, 2.45) is 0 Å². The van der Waals surface area contributed by atoms with Gasteiger partial charge in [0.25, 0.3) is 0 Å². The summed E-state index contributed by atoms with van der Waals surface area (Å²) in [6.07, 6.45) is 0. The van der Waals surface area contributed by atoms with Crippen LogP contribution in [0.3, 0.4) is 0 Å². The van der Waals surface area contributed by atoms with Crippen molar-refractivity contribution in [3.8, 4) is 11.5 Å². The molecule has 0 aromatic heterocycles. The predicted octanol–water partition coefficient (Wildman–Crippen LogP) is 0.205. The van der Waals surface area contributed by atoms with Gasteiger partial charge in [-0.2, -0.15) is 0 Å². The number of hydrogen-bond donors (Lipinski definition) is 3. The number of likely N-dealkylation sites (N-methyl/N-ethyl adjacent to an activating group) is 1. The number of Topliss-reactive ketones (excluding diaryl/α,β-unsaturated/α-hetero) is 1. The van der Waals surface area contributed by atoms with Crippen LogP contribution in [0, 0.1) is 0 Å². The topological polar surface area (TPSA) is 81.0 Å². The zero-order valence-corrected chi connectivity index (χ0v) is 9.05. The molecule has 0 fully saturated rings. The van der Waals surface area contributed by atoms with Crippen LogP contribution in [0.25, 0.3) is 0 Å². The molecule has 5 heteroatoms. The molecule has 88 valence electrons. The third-order valence-electron chi connectivity index (χ3n) is 2.18. The Kier molecular flexibility index (Phi) is 4.28. The standard InChI is InChI=1S/C11H15NO4/c1-12(4-5-13)7-11(16)9-3-2-8(14)6-10(9)15/h2-3,6,13-15H,4-5,7H2,1H3. The summed E-state index contributed by atoms with van der Waals surface area (Å²) in [6, 6.07) is 3.85. The smallest absolute Gasteiger partial charge is 0.180 e. The minimum atomic E-state index is -0.256. The summed E-state index contributed by atoms with van der Waals surface area (Å²) in [5.41, 5.74) is 0.169. The fourth-order valence-electron chi connectivity index (χ4n) is 1.34. The molecule has 5 nitrogen and oxygen atoms in total. The highest BCUT2D eigenvalue weighted by Gasteiger charge is 2.13. The second kappa shape index (κ2) is 5.48. The number of aliphatic hydroxyl groups is 1. The molecule has 0 aliphatic carbocycles. The molecule has 1 aromatic rings. The second-order valence-corrected chi connectivity index (χ2v) is 3.59. The first-order valence-corrected chi connectivity index (χ1v) is 4.89. The lowest BCUT2D eigenvalue weighted by Gasteiger charge is -2.14. The number of carbonyl (C=O) groups excluding carboxylic acids is 1. The Hall–Kier alpha value is -1.59. The quantitative estimate of drug-likeness (QED) is 0.624. The van der Waals surface area contributed by atoms with Crippen LogP contribution in [-0.4, -0.2) is 52.7 Å². The SMILES string of the molecule is CN(CCO)CC(=O)c1ccc(O)cc1O. The maximum atomic E-state index is 11.7. The fraction of sp³-hybridized carbons (Fsp3) is 0.364. The van der Waals surface area contributed by atoms with E-state index in [4.69, 9.17) is 10.2 Å². The number of carbonyl (C=O) groups is 1. The minimum absolute atomic E-state index is 0.0225. The largest absolute Gasteiger partial charge is 0.508 e. The average molecular weight is 225 g/mol. The van der Waals surface area contributed by atoms with Gasteiger partial charge >= 0.3 is 0 Å². The Morgan fingerprint density at radius 3 is 2.62 bits per heavy atom. The molecule has 0 atom stereocenters. The number of benzene rings is 1. The molecule has 0 saturated heterocycles. The molecule has 0 saturated carbocycles. The van der Waals surface area contributed by atoms with E-state index in [0.717, 1.165) is 6.07 Å². The van der Waals surface area contributed by atoms with Gasteiger partial charge in [-0.25, -0.2) is 0 Å². The van der Waals surface area contributed by atoms with Crippen LogP contribution < -0.4 is 0 Å². The molecule has 0 amide bonds. The van der Waals surface area contributed by atoms with Gasteiger partial charge in [-0.3, -0.25) is 9.69 Å². The molecule has 0 aliphatic rings. The molecule has 1 rings (SSSR count). The normalized spacial score (nSPS) is 10.7. The summed E-state index contributed by atoms with van der Waals surface area (Å²) in [5.74, 6) is -0.575. The van der Waals surface area contributed by atoms with E-state index in [2.05, 4.69) is 0 Å². The third-order valence-corrected chi connectivity index (χ3v) is 2.18. The summed E-state index contributed by atoms with van der Waals surface area (Å²) in [6.45, 7) is 0.481. The lowest BCUT2D eigenvalue weighted by Crippen LogP contribution is -2.28. The van der Waals surface area contributed by atoms with E-state index in [1.54, 1.807) is 11.9 Å². The number of hydrogen-bond acceptors (Lipinski definition) is 5. The lowest BCUT2D eigenvalue weighted by atomic mass is 10.1. The Bertz CT molecular complexity index is 378. The van der Waals surface area contributed by atoms with Gasteiger partial charge in [-0.1, -0.05) is 0 Å². The van der Waals surface area contributed by atoms with E-state index in [0.29, 0.717) is 6.54 Å². The van der Waals surface area contributed by atoms with Crippen LogP contribution in [-0.2, 0) is 0 Å². The van der Waals surface area contributed by atoms with Crippen molar-refractivity contribution in [1.82, 2.24) is 4.90 Å². The van der Waals surface area contributed by atoms with Crippen LogP contribution in [0.5, 0.6) is 11.5 Å². The van der Waals surface area contributed by atoms with Gasteiger partial charge in [0.2, 0.25) is 0 Å². The van der Waals surface area contributed by atoms with Crippen molar-refractivity contribution in [2.45, 2.75) is 0 Å². The number of rotatable bonds is 5. The molecule has 0 aliphatic heterocycles. The molecule has 0 radical (unpaired) electrons. The van der Waals surface area contributed by atoms with E-state index in [1.807, 2.05) is 0 Å². The number of nitrogens with zero attached hydrogens (tertiary/aromatic N) is 1. The van der Waals surface area contributed by atoms with Crippen LogP contribution >= 0.6 is 0 Å². The van der Waals surface area contributed by atoms with Gasteiger partial charge in [0.1, 0.15) is 11.5 Å². The number of aromatic hydroxyl groups is 2. The highest BCUT2D eigenvalue weighted by molar-refractivity contribution is 6.00. The van der Waals surface area contributed by atoms with Crippen LogP contribution in [0.1, 0.15) is 10.4 Å². The molecule has 0 unspecified atom stereocenters. The molecule has 0 heterocycles. The van der Waals surface area contributed by atoms with Crippen LogP contribution in [0.15, 0.2) is 18.2 Å². The lowest BCUT2D eigenvalue weighted by molar-refractivity contribution is 0.0933. The molecular weight excluding hydrogens is 210 g/mol. The predicted molar refractivity (Wildman–Crippen MR) is 58.7 cm³/mol. The minimum Gasteiger partial charge on any atom is -0.508 e. The number of phenols is 2. The van der Waals surface area contributed by atoms with E-state index in [9.17, 15) is 9.90 Å². The monoisotopic (exact) mass is 225 g/mol. The van der Waals surface area contributed by atoms with Crippen LogP contribution in [0.4, 0.5) is 0 Å². The molecule has 0 bridgehead atoms. The zero-order chi connectivity index (χ0) is 12.1. The zero-order valence-electron chi connectivity index (χ0n) is 9.05. The summed E-state index contributed by atoms with van der Waals surface area (Å²) >= 11 is 0. The van der Waals surface area contributed by atoms with Crippen molar-refractivity contribution in [3.05, 3.63) is 23.8 Å². The first kappa shape index (κ1) is 12.5. The maximum absolute atomic E-state index is 11.7. The summed E-state index contributed by atoms with van der Waals surface area (Å²) in [7, 11) is 1.70. The Morgan fingerprint density at radius 1 is 1.38 bits per heavy atom. The maximum Gasteiger partial charge on any atom is 0.180 e. The number of aliphatic hydroxyl groups excluding tert-OH is 1. The summed E-state index contributed by atoms with van der Waals surface area (Å²) < 4.78 is 0. The van der Waals surface area contributed by atoms with Crippen molar-refractivity contribution < 1.29 is 20.1 Å². The van der Waals surface area contributed by atoms with Gasteiger partial charge in [0.05, 0.1) is 18.7 Å². The van der Waals surface area contributed by atoms with Crippen molar-refractivity contribution in [1.29, 1.82) is 0 Å². The van der Waals surface area contributed by atoms with E-state index < -0.39 is 0 Å². The van der Waals surface area contributed by atoms with Gasteiger partial charge in [0.15, 0.2) is 5.78 Å². The summed E-state index contributed by atoms with van der Waals surface area (Å²) in [5, 5.41) is 27.2. The molecule has 16 heavy (non-hydrogen) atoms. The van der Waals surface area contributed by atoms with Crippen molar-refractivity contribution in [3.63, 3.8) is 0 Å². The van der Waals surface area contributed by atoms with Gasteiger partial charge < -0.3 is 15.3 Å². The van der Waals surface area contributed by atoms with Gasteiger partial charge in [-0.15, -0.1) is 0 Å². The number of ketones is 1. The van der Waals surface area contributed by atoms with E-state index >= 15 is 0 Å². The molecule has 0 spiro atoms. The second-order valence-electron chi connectivity index (χ2n) is 3.59. The van der Waals surface area contributed by atoms with Gasteiger partial charge in [0, 0.05) is 12.6 Å². The first-order valence-electron chi connectivity index (χ1n) is 4.89. The van der Waals surface area contributed by atoms with Crippen molar-refractivity contribution >= 4 is 5.78 Å². The van der Waals surface area contributed by atoms with Crippen molar-refractivity contribution in [2.75, 3.05) is 26.7 Å². The summed E-state index contributed by atoms with van der Waals surface area (Å²) in [4.78, 5) is 13.3. The Balaban J connectivity index is 2.73. The molecular formula is C11H15NO4. The highest BCUT2D eigenvalue weighted by Crippen LogP contribution is 2.22. The average Bonchev–Trinajstić information content (AvgIpc) is 2.17. The molecule has 3 N–H and O–H groups in total. The third kappa shape index (κ3) is 3.22. The number of phenolic OH excluding ortho intramolecular Hbond substituents is 2. The highest BCUT2D eigenvalue weighted by atomic mass is 16.3. The van der Waals surface area contributed by atoms with E-state index in [-0.39, 0.29) is 36.0 Å². The Morgan fingerprint density at radius 2 is 2.06 bits per heavy atom.